The van der Waals surface area contributed by atoms with Crippen molar-refractivity contribution in [3.63, 3.8) is 0 Å². The topological polar surface area (TPSA) is 30.2 Å². The van der Waals surface area contributed by atoms with Crippen molar-refractivity contribution in [2.45, 2.75) is 187 Å². The third-order valence-electron chi connectivity index (χ3n) is 8.25. The fraction of sp³-hybridized carbons (Fsp3) is 0.789. The van der Waals surface area contributed by atoms with Gasteiger partial charge in [-0.15, -0.1) is 0 Å². The molecule has 41 heavy (non-hydrogen) atoms. The first-order valence-electron chi connectivity index (χ1n) is 18.1. The number of rotatable bonds is 30. The van der Waals surface area contributed by atoms with Crippen molar-refractivity contribution in [2.24, 2.45) is 0 Å². The van der Waals surface area contributed by atoms with E-state index < -0.39 is 0 Å². The minimum atomic E-state index is -0.177. The molecule has 0 amide bonds. The molecule has 0 radical (unpaired) electrons. The van der Waals surface area contributed by atoms with Crippen molar-refractivity contribution in [3.8, 4) is 0 Å². The van der Waals surface area contributed by atoms with Crippen molar-refractivity contribution in [1.29, 1.82) is 0 Å². The van der Waals surface area contributed by atoms with Gasteiger partial charge < -0.3 is 4.74 Å². The number of pyridine rings is 1. The van der Waals surface area contributed by atoms with E-state index >= 15 is 0 Å². The smallest absolute Gasteiger partial charge is 0.344 e. The summed E-state index contributed by atoms with van der Waals surface area (Å²) in [7, 11) is 0. The molecule has 0 aliphatic heterocycles. The number of carbonyl (C=O) groups excluding carboxylic acids is 1. The van der Waals surface area contributed by atoms with E-state index in [9.17, 15) is 4.79 Å². The number of nitrogens with zero attached hydrogens (tertiary/aromatic N) is 1. The summed E-state index contributed by atoms with van der Waals surface area (Å²) in [5.41, 5.74) is 0.677. The van der Waals surface area contributed by atoms with E-state index in [1.54, 1.807) is 0 Å². The molecule has 0 aromatic carbocycles. The van der Waals surface area contributed by atoms with Crippen LogP contribution < -0.4 is 4.57 Å². The quantitative estimate of drug-likeness (QED) is 0.0398. The van der Waals surface area contributed by atoms with E-state index in [4.69, 9.17) is 4.74 Å². The number of aryl methyl sites for hydroxylation is 1. The maximum atomic E-state index is 12.5. The highest BCUT2D eigenvalue weighted by molar-refractivity contribution is 5.88. The molecule has 0 bridgehead atoms. The minimum absolute atomic E-state index is 0.177. The summed E-state index contributed by atoms with van der Waals surface area (Å²) < 4.78 is 7.70. The average molecular weight is 571 g/mol. The van der Waals surface area contributed by atoms with Gasteiger partial charge in [0.1, 0.15) is 12.1 Å². The van der Waals surface area contributed by atoms with Crippen LogP contribution >= 0.6 is 0 Å². The number of allylic oxidation sites excluding steroid dienone is 2. The monoisotopic (exact) mass is 571 g/mol. The Labute approximate surface area is 255 Å². The van der Waals surface area contributed by atoms with Gasteiger partial charge in [-0.25, -0.2) is 9.36 Å². The molecule has 0 aliphatic rings. The zero-order chi connectivity index (χ0) is 29.5. The number of hydrogen-bond donors (Lipinski definition) is 0. The van der Waals surface area contributed by atoms with Gasteiger partial charge in [0, 0.05) is 12.5 Å². The molecule has 0 N–H and O–H groups in total. The van der Waals surface area contributed by atoms with E-state index in [0.717, 1.165) is 19.4 Å². The first-order valence-corrected chi connectivity index (χ1v) is 18.1. The fourth-order valence-electron chi connectivity index (χ4n) is 5.51. The molecule has 0 atom stereocenters. The lowest BCUT2D eigenvalue weighted by Crippen LogP contribution is -2.34. The summed E-state index contributed by atoms with van der Waals surface area (Å²) in [5, 5.41) is 0. The predicted octanol–water partition coefficient (Wildman–Crippen LogP) is 11.9. The van der Waals surface area contributed by atoms with Gasteiger partial charge >= 0.3 is 5.97 Å². The van der Waals surface area contributed by atoms with Crippen LogP contribution in [0.4, 0.5) is 0 Å². The van der Waals surface area contributed by atoms with Gasteiger partial charge in [0.2, 0.25) is 0 Å². The Balaban J connectivity index is 1.96. The third kappa shape index (κ3) is 24.6. The standard InChI is InChI=1S/C38H68NO2/c1-3-5-7-9-11-13-15-17-18-19-20-21-23-25-27-29-33-39-34-31-32-37(36-39)38(40)41-35-30-28-26-24-22-16-14-12-10-8-6-4-2/h17-18,31-32,34,36H,3-16,19-30,33,35H2,1-2H3/q+1/b18-17-. The molecule has 3 heteroatoms. The summed E-state index contributed by atoms with van der Waals surface area (Å²) in [6.07, 6.45) is 43.2. The Bertz CT molecular complexity index is 729. The van der Waals surface area contributed by atoms with E-state index in [2.05, 4.69) is 36.8 Å². The van der Waals surface area contributed by atoms with Gasteiger partial charge in [0.15, 0.2) is 12.4 Å². The molecule has 1 heterocycles. The SMILES string of the molecule is CCCCCCCC/C=C\CCCCCCCC[n+]1cccc(C(=O)OCCCCCCCCCCCCCC)c1. The number of unbranched alkanes of at least 4 members (excludes halogenated alkanes) is 23. The zero-order valence-electron chi connectivity index (χ0n) is 27.5. The Kier molecular flexibility index (Phi) is 27.2. The van der Waals surface area contributed by atoms with Crippen molar-refractivity contribution >= 4 is 5.97 Å². The molecule has 0 unspecified atom stereocenters. The molecule has 0 aliphatic carbocycles. The number of esters is 1. The summed E-state index contributed by atoms with van der Waals surface area (Å²) in [5.74, 6) is -0.177. The van der Waals surface area contributed by atoms with Gasteiger partial charge in [0.05, 0.1) is 6.61 Å². The van der Waals surface area contributed by atoms with Crippen molar-refractivity contribution in [1.82, 2.24) is 0 Å². The molecule has 3 nitrogen and oxygen atoms in total. The lowest BCUT2D eigenvalue weighted by molar-refractivity contribution is -0.697. The van der Waals surface area contributed by atoms with E-state index in [1.165, 1.54) is 154 Å². The fourth-order valence-corrected chi connectivity index (χ4v) is 5.51. The van der Waals surface area contributed by atoms with Gasteiger partial charge in [-0.3, -0.25) is 0 Å². The second kappa shape index (κ2) is 29.8. The molecule has 236 valence electrons. The second-order valence-corrected chi connectivity index (χ2v) is 12.3. The molecular formula is C38H68NO2+. The first-order chi connectivity index (χ1) is 20.3. The molecule has 1 aromatic rings. The number of aromatic nitrogens is 1. The summed E-state index contributed by atoms with van der Waals surface area (Å²) in [4.78, 5) is 12.5. The number of hydrogen-bond acceptors (Lipinski definition) is 2. The van der Waals surface area contributed by atoms with Gasteiger partial charge in [0.25, 0.3) is 0 Å². The Morgan fingerprint density at radius 1 is 0.610 bits per heavy atom. The largest absolute Gasteiger partial charge is 0.462 e. The molecule has 0 fully saturated rings. The highest BCUT2D eigenvalue weighted by atomic mass is 16.5. The molecule has 1 aromatic heterocycles. The zero-order valence-corrected chi connectivity index (χ0v) is 27.5. The molecular weight excluding hydrogens is 502 g/mol. The van der Waals surface area contributed by atoms with Crippen molar-refractivity contribution < 1.29 is 14.1 Å². The van der Waals surface area contributed by atoms with Crippen LogP contribution in [0, 0.1) is 0 Å². The van der Waals surface area contributed by atoms with E-state index in [0.29, 0.717) is 12.2 Å². The third-order valence-corrected chi connectivity index (χ3v) is 8.25. The van der Waals surface area contributed by atoms with Crippen molar-refractivity contribution in [3.05, 3.63) is 42.2 Å². The van der Waals surface area contributed by atoms with Crippen LogP contribution in [-0.4, -0.2) is 12.6 Å². The van der Waals surface area contributed by atoms with Crippen LogP contribution in [0.15, 0.2) is 36.7 Å². The van der Waals surface area contributed by atoms with Crippen LogP contribution in [0.5, 0.6) is 0 Å². The summed E-state index contributed by atoms with van der Waals surface area (Å²) in [6.45, 7) is 6.07. The lowest BCUT2D eigenvalue weighted by atomic mass is 10.1. The molecule has 0 spiro atoms. The highest BCUT2D eigenvalue weighted by Gasteiger charge is 2.12. The molecule has 0 saturated heterocycles. The minimum Gasteiger partial charge on any atom is -0.462 e. The van der Waals surface area contributed by atoms with E-state index in [-0.39, 0.29) is 5.97 Å². The van der Waals surface area contributed by atoms with E-state index in [1.807, 2.05) is 18.3 Å². The van der Waals surface area contributed by atoms with Crippen LogP contribution in [0.1, 0.15) is 191 Å². The van der Waals surface area contributed by atoms with Crippen LogP contribution in [0.25, 0.3) is 0 Å². The summed E-state index contributed by atoms with van der Waals surface area (Å²) >= 11 is 0. The normalized spacial score (nSPS) is 11.5. The van der Waals surface area contributed by atoms with Crippen LogP contribution in [-0.2, 0) is 11.3 Å². The van der Waals surface area contributed by atoms with Crippen LogP contribution in [0.3, 0.4) is 0 Å². The molecule has 0 saturated carbocycles. The Morgan fingerprint density at radius 3 is 1.56 bits per heavy atom. The van der Waals surface area contributed by atoms with Gasteiger partial charge in [-0.05, 0) is 44.6 Å². The highest BCUT2D eigenvalue weighted by Crippen LogP contribution is 2.13. The predicted molar refractivity (Wildman–Crippen MR) is 177 cm³/mol. The first kappa shape index (κ1) is 37.4. The summed E-state index contributed by atoms with van der Waals surface area (Å²) in [6, 6.07) is 3.85. The van der Waals surface area contributed by atoms with Gasteiger partial charge in [-0.2, -0.15) is 0 Å². The number of carbonyl (C=O) groups is 1. The van der Waals surface area contributed by atoms with Gasteiger partial charge in [-0.1, -0.05) is 148 Å². The maximum Gasteiger partial charge on any atom is 0.344 e. The second-order valence-electron chi connectivity index (χ2n) is 12.3. The van der Waals surface area contributed by atoms with Crippen LogP contribution in [0.2, 0.25) is 0 Å². The maximum absolute atomic E-state index is 12.5. The lowest BCUT2D eigenvalue weighted by Gasteiger charge is -2.05. The Hall–Kier alpha value is -1.64. The molecule has 1 rings (SSSR count). The average Bonchev–Trinajstić information content (AvgIpc) is 2.99. The Morgan fingerprint density at radius 2 is 1.05 bits per heavy atom. The van der Waals surface area contributed by atoms with Crippen molar-refractivity contribution in [2.75, 3.05) is 6.61 Å². The number of ether oxygens (including phenoxy) is 1.